The summed E-state index contributed by atoms with van der Waals surface area (Å²) in [6.07, 6.45) is 0. The van der Waals surface area contributed by atoms with Gasteiger partial charge in [-0.25, -0.2) is 0 Å². The standard InChI is InChI=1S/C42H28BrN/c43-33-16-10-14-30(26-33)36-19-6-7-21-38(36)32-24-25-40-39-22-8-9-23-41(39)44(42(40)28-32)34-17-11-15-31(27-34)37-20-5-4-18-35(37)29-12-2-1-3-13-29/h1-28H. The van der Waals surface area contributed by atoms with Crippen LogP contribution in [0.4, 0.5) is 0 Å². The molecule has 0 fully saturated rings. The second kappa shape index (κ2) is 11.1. The predicted molar refractivity (Wildman–Crippen MR) is 190 cm³/mol. The van der Waals surface area contributed by atoms with E-state index in [9.17, 15) is 0 Å². The Bertz CT molecular complexity index is 2290. The van der Waals surface area contributed by atoms with Crippen molar-refractivity contribution < 1.29 is 0 Å². The van der Waals surface area contributed by atoms with E-state index in [1.165, 1.54) is 66.3 Å². The van der Waals surface area contributed by atoms with Crippen LogP contribution in [0.15, 0.2) is 174 Å². The highest BCUT2D eigenvalue weighted by Crippen LogP contribution is 2.39. The summed E-state index contributed by atoms with van der Waals surface area (Å²) in [6, 6.07) is 61.2. The van der Waals surface area contributed by atoms with Crippen molar-refractivity contribution in [2.45, 2.75) is 0 Å². The normalized spacial score (nSPS) is 11.3. The van der Waals surface area contributed by atoms with E-state index in [0.717, 1.165) is 10.2 Å². The quantitative estimate of drug-likeness (QED) is 0.179. The number of hydrogen-bond donors (Lipinski definition) is 0. The Morgan fingerprint density at radius 2 is 0.864 bits per heavy atom. The molecule has 1 nitrogen and oxygen atoms in total. The zero-order valence-corrected chi connectivity index (χ0v) is 25.6. The van der Waals surface area contributed by atoms with Crippen LogP contribution < -0.4 is 0 Å². The van der Waals surface area contributed by atoms with Crippen molar-refractivity contribution in [1.29, 1.82) is 0 Å². The van der Waals surface area contributed by atoms with Crippen LogP contribution in [0.5, 0.6) is 0 Å². The van der Waals surface area contributed by atoms with Gasteiger partial charge in [-0.15, -0.1) is 0 Å². The first kappa shape index (κ1) is 26.4. The van der Waals surface area contributed by atoms with Crippen LogP contribution in [0.2, 0.25) is 0 Å². The summed E-state index contributed by atoms with van der Waals surface area (Å²) in [5, 5.41) is 2.50. The van der Waals surface area contributed by atoms with E-state index >= 15 is 0 Å². The summed E-state index contributed by atoms with van der Waals surface area (Å²) in [5.74, 6) is 0. The third kappa shape index (κ3) is 4.65. The van der Waals surface area contributed by atoms with E-state index in [4.69, 9.17) is 0 Å². The fourth-order valence-electron chi connectivity index (χ4n) is 6.48. The maximum absolute atomic E-state index is 3.66. The fraction of sp³-hybridized carbons (Fsp3) is 0. The van der Waals surface area contributed by atoms with Crippen molar-refractivity contribution in [2.75, 3.05) is 0 Å². The Morgan fingerprint density at radius 3 is 1.57 bits per heavy atom. The second-order valence-electron chi connectivity index (χ2n) is 11.1. The van der Waals surface area contributed by atoms with Gasteiger partial charge in [0.15, 0.2) is 0 Å². The van der Waals surface area contributed by atoms with E-state index < -0.39 is 0 Å². The Kier molecular flexibility index (Phi) is 6.70. The number of para-hydroxylation sites is 1. The van der Waals surface area contributed by atoms with Gasteiger partial charge in [0.05, 0.1) is 11.0 Å². The SMILES string of the molecule is Brc1cccc(-c2ccccc2-c2ccc3c4ccccc4n(-c4cccc(-c5ccccc5-c5ccccc5)c4)c3c2)c1. The molecule has 0 aliphatic heterocycles. The van der Waals surface area contributed by atoms with Gasteiger partial charge >= 0.3 is 0 Å². The molecule has 0 bridgehead atoms. The molecule has 0 spiro atoms. The monoisotopic (exact) mass is 625 g/mol. The summed E-state index contributed by atoms with van der Waals surface area (Å²) in [6.45, 7) is 0. The van der Waals surface area contributed by atoms with Gasteiger partial charge in [0, 0.05) is 20.9 Å². The number of hydrogen-bond acceptors (Lipinski definition) is 0. The van der Waals surface area contributed by atoms with Crippen LogP contribution >= 0.6 is 15.9 Å². The zero-order chi connectivity index (χ0) is 29.5. The maximum Gasteiger partial charge on any atom is 0.0547 e. The lowest BCUT2D eigenvalue weighted by Gasteiger charge is -2.14. The molecule has 0 atom stereocenters. The molecular formula is C42H28BrN. The Morgan fingerprint density at radius 1 is 0.341 bits per heavy atom. The third-order valence-electron chi connectivity index (χ3n) is 8.47. The summed E-state index contributed by atoms with van der Waals surface area (Å²) >= 11 is 3.66. The maximum atomic E-state index is 3.66. The molecule has 0 aliphatic carbocycles. The molecule has 1 heterocycles. The molecule has 0 aliphatic rings. The smallest absolute Gasteiger partial charge is 0.0547 e. The van der Waals surface area contributed by atoms with Crippen molar-refractivity contribution in [3.8, 4) is 50.2 Å². The van der Waals surface area contributed by atoms with Gasteiger partial charge in [-0.05, 0) is 80.9 Å². The molecule has 0 amide bonds. The first-order valence-corrected chi connectivity index (χ1v) is 15.7. The number of aromatic nitrogens is 1. The number of halogens is 1. The van der Waals surface area contributed by atoms with Crippen molar-refractivity contribution in [1.82, 2.24) is 4.57 Å². The molecule has 0 saturated carbocycles. The van der Waals surface area contributed by atoms with Gasteiger partial charge in [0.25, 0.3) is 0 Å². The lowest BCUT2D eigenvalue weighted by molar-refractivity contribution is 1.18. The van der Waals surface area contributed by atoms with E-state index in [0.29, 0.717) is 0 Å². The van der Waals surface area contributed by atoms with Gasteiger partial charge in [0.1, 0.15) is 0 Å². The van der Waals surface area contributed by atoms with Crippen LogP contribution in [-0.4, -0.2) is 4.57 Å². The highest BCUT2D eigenvalue weighted by Gasteiger charge is 2.16. The number of nitrogens with zero attached hydrogens (tertiary/aromatic N) is 1. The number of rotatable bonds is 5. The molecule has 8 aromatic rings. The number of fused-ring (bicyclic) bond motifs is 3. The summed E-state index contributed by atoms with van der Waals surface area (Å²) in [4.78, 5) is 0. The van der Waals surface area contributed by atoms with Crippen molar-refractivity contribution in [3.05, 3.63) is 174 Å². The lowest BCUT2D eigenvalue weighted by Crippen LogP contribution is -1.95. The average Bonchev–Trinajstić information content (AvgIpc) is 3.42. The van der Waals surface area contributed by atoms with Gasteiger partial charge in [-0.3, -0.25) is 0 Å². The molecule has 0 radical (unpaired) electrons. The summed E-state index contributed by atoms with van der Waals surface area (Å²) < 4.78 is 3.50. The first-order chi connectivity index (χ1) is 21.7. The molecule has 2 heteroatoms. The lowest BCUT2D eigenvalue weighted by atomic mass is 9.94. The molecule has 8 rings (SSSR count). The van der Waals surface area contributed by atoms with Crippen LogP contribution in [0.3, 0.4) is 0 Å². The minimum absolute atomic E-state index is 1.08. The minimum atomic E-state index is 1.08. The summed E-state index contributed by atoms with van der Waals surface area (Å²) in [5.41, 5.74) is 13.3. The molecule has 0 N–H and O–H groups in total. The topological polar surface area (TPSA) is 4.93 Å². The largest absolute Gasteiger partial charge is 0.309 e. The molecule has 1 aromatic heterocycles. The first-order valence-electron chi connectivity index (χ1n) is 14.9. The van der Waals surface area contributed by atoms with Crippen molar-refractivity contribution in [2.24, 2.45) is 0 Å². The van der Waals surface area contributed by atoms with Crippen LogP contribution in [-0.2, 0) is 0 Å². The van der Waals surface area contributed by atoms with Gasteiger partial charge in [0.2, 0.25) is 0 Å². The van der Waals surface area contributed by atoms with Gasteiger partial charge < -0.3 is 4.57 Å². The van der Waals surface area contributed by atoms with Gasteiger partial charge in [-0.2, -0.15) is 0 Å². The van der Waals surface area contributed by atoms with Gasteiger partial charge in [-0.1, -0.05) is 149 Å². The highest BCUT2D eigenvalue weighted by atomic mass is 79.9. The van der Waals surface area contributed by atoms with Crippen LogP contribution in [0, 0.1) is 0 Å². The Balaban J connectivity index is 1.33. The average molecular weight is 627 g/mol. The predicted octanol–water partition coefficient (Wildman–Crippen LogP) is 12.2. The second-order valence-corrected chi connectivity index (χ2v) is 12.0. The molecule has 0 unspecified atom stereocenters. The molecule has 0 saturated heterocycles. The van der Waals surface area contributed by atoms with E-state index in [2.05, 4.69) is 190 Å². The minimum Gasteiger partial charge on any atom is -0.309 e. The Labute approximate surface area is 265 Å². The van der Waals surface area contributed by atoms with Crippen molar-refractivity contribution in [3.63, 3.8) is 0 Å². The van der Waals surface area contributed by atoms with E-state index in [1.54, 1.807) is 0 Å². The third-order valence-corrected chi connectivity index (χ3v) is 8.97. The summed E-state index contributed by atoms with van der Waals surface area (Å²) in [7, 11) is 0. The van der Waals surface area contributed by atoms with E-state index in [1.807, 2.05) is 0 Å². The molecule has 44 heavy (non-hydrogen) atoms. The Hall–Kier alpha value is -5.18. The number of benzene rings is 7. The fourth-order valence-corrected chi connectivity index (χ4v) is 6.87. The highest BCUT2D eigenvalue weighted by molar-refractivity contribution is 9.10. The van der Waals surface area contributed by atoms with Crippen molar-refractivity contribution >= 4 is 37.7 Å². The van der Waals surface area contributed by atoms with Crippen LogP contribution in [0.1, 0.15) is 0 Å². The van der Waals surface area contributed by atoms with Crippen LogP contribution in [0.25, 0.3) is 72.0 Å². The van der Waals surface area contributed by atoms with E-state index in [-0.39, 0.29) is 0 Å². The zero-order valence-electron chi connectivity index (χ0n) is 24.0. The molecular weight excluding hydrogens is 598 g/mol. The molecule has 7 aromatic carbocycles. The molecule has 208 valence electrons.